The SMILES string of the molecule is CN=C(NCc1cccc(OCC(=O)NC2CC2)c1)NCc1ccccc1F. The summed E-state index contributed by atoms with van der Waals surface area (Å²) >= 11 is 0. The molecule has 0 spiro atoms. The van der Waals surface area contributed by atoms with Crippen LogP contribution in [-0.2, 0) is 17.9 Å². The largest absolute Gasteiger partial charge is 0.484 e. The standard InChI is InChI=1S/C21H25FN4O2/c1-23-21(25-13-16-6-2-3-8-19(16)22)24-12-15-5-4-7-18(11-15)28-14-20(27)26-17-9-10-17/h2-8,11,17H,9-10,12-14H2,1H3,(H,26,27)(H2,23,24,25). The number of carbonyl (C=O) groups excluding carboxylic acids is 1. The minimum absolute atomic E-state index is 0.0131. The second-order valence-corrected chi connectivity index (χ2v) is 6.65. The van der Waals surface area contributed by atoms with E-state index in [2.05, 4.69) is 20.9 Å². The van der Waals surface area contributed by atoms with Crippen molar-refractivity contribution < 1.29 is 13.9 Å². The van der Waals surface area contributed by atoms with Crippen molar-refractivity contribution >= 4 is 11.9 Å². The van der Waals surface area contributed by atoms with Crippen LogP contribution >= 0.6 is 0 Å². The Morgan fingerprint density at radius 2 is 1.93 bits per heavy atom. The first-order valence-electron chi connectivity index (χ1n) is 9.33. The van der Waals surface area contributed by atoms with E-state index in [-0.39, 0.29) is 18.3 Å². The Labute approximate surface area is 164 Å². The van der Waals surface area contributed by atoms with Crippen molar-refractivity contribution in [3.63, 3.8) is 0 Å². The molecule has 0 bridgehead atoms. The van der Waals surface area contributed by atoms with Gasteiger partial charge < -0.3 is 20.7 Å². The van der Waals surface area contributed by atoms with Gasteiger partial charge in [-0.2, -0.15) is 0 Å². The lowest BCUT2D eigenvalue weighted by Gasteiger charge is -2.13. The van der Waals surface area contributed by atoms with Gasteiger partial charge in [0.2, 0.25) is 0 Å². The van der Waals surface area contributed by atoms with Crippen molar-refractivity contribution in [3.8, 4) is 5.75 Å². The number of ether oxygens (including phenoxy) is 1. The van der Waals surface area contributed by atoms with E-state index in [0.29, 0.717) is 36.4 Å². The monoisotopic (exact) mass is 384 g/mol. The Balaban J connectivity index is 1.46. The third-order valence-electron chi connectivity index (χ3n) is 4.30. The lowest BCUT2D eigenvalue weighted by molar-refractivity contribution is -0.123. The third kappa shape index (κ3) is 6.26. The first-order valence-corrected chi connectivity index (χ1v) is 9.33. The van der Waals surface area contributed by atoms with Gasteiger partial charge in [-0.05, 0) is 36.6 Å². The molecule has 1 saturated carbocycles. The van der Waals surface area contributed by atoms with E-state index in [1.54, 1.807) is 25.2 Å². The third-order valence-corrected chi connectivity index (χ3v) is 4.30. The molecule has 1 amide bonds. The number of hydrogen-bond donors (Lipinski definition) is 3. The van der Waals surface area contributed by atoms with Crippen LogP contribution in [0, 0.1) is 5.82 Å². The molecule has 6 nitrogen and oxygen atoms in total. The molecule has 2 aromatic carbocycles. The van der Waals surface area contributed by atoms with Gasteiger partial charge in [0.05, 0.1) is 0 Å². The summed E-state index contributed by atoms with van der Waals surface area (Å²) in [7, 11) is 1.66. The molecule has 1 aliphatic rings. The minimum Gasteiger partial charge on any atom is -0.484 e. The normalized spacial score (nSPS) is 13.7. The van der Waals surface area contributed by atoms with E-state index in [1.807, 2.05) is 24.3 Å². The molecule has 0 radical (unpaired) electrons. The molecular weight excluding hydrogens is 359 g/mol. The van der Waals surface area contributed by atoms with Gasteiger partial charge in [0.15, 0.2) is 12.6 Å². The number of benzene rings is 2. The highest BCUT2D eigenvalue weighted by molar-refractivity contribution is 5.79. The first-order chi connectivity index (χ1) is 13.6. The number of guanidine groups is 1. The molecule has 2 aromatic rings. The summed E-state index contributed by atoms with van der Waals surface area (Å²) in [4.78, 5) is 15.9. The number of rotatable bonds is 8. The fourth-order valence-corrected chi connectivity index (χ4v) is 2.62. The van der Waals surface area contributed by atoms with Gasteiger partial charge in [-0.1, -0.05) is 30.3 Å². The Bertz CT molecular complexity index is 837. The van der Waals surface area contributed by atoms with Crippen molar-refractivity contribution in [1.29, 1.82) is 0 Å². The number of carbonyl (C=O) groups is 1. The van der Waals surface area contributed by atoms with Gasteiger partial charge in [-0.3, -0.25) is 9.79 Å². The molecule has 28 heavy (non-hydrogen) atoms. The highest BCUT2D eigenvalue weighted by Gasteiger charge is 2.23. The van der Waals surface area contributed by atoms with E-state index in [9.17, 15) is 9.18 Å². The molecule has 0 aliphatic heterocycles. The van der Waals surface area contributed by atoms with Crippen LogP contribution in [0.5, 0.6) is 5.75 Å². The van der Waals surface area contributed by atoms with Crippen molar-refractivity contribution in [3.05, 3.63) is 65.5 Å². The van der Waals surface area contributed by atoms with Crippen molar-refractivity contribution in [2.75, 3.05) is 13.7 Å². The van der Waals surface area contributed by atoms with E-state index < -0.39 is 0 Å². The maximum absolute atomic E-state index is 13.7. The Hall–Kier alpha value is -3.09. The van der Waals surface area contributed by atoms with E-state index >= 15 is 0 Å². The second-order valence-electron chi connectivity index (χ2n) is 6.65. The van der Waals surface area contributed by atoms with Crippen LogP contribution < -0.4 is 20.7 Å². The zero-order valence-electron chi connectivity index (χ0n) is 15.9. The average Bonchev–Trinajstić information content (AvgIpc) is 3.52. The summed E-state index contributed by atoms with van der Waals surface area (Å²) in [6, 6.07) is 14.5. The van der Waals surface area contributed by atoms with Crippen LogP contribution in [-0.4, -0.2) is 31.6 Å². The van der Waals surface area contributed by atoms with Gasteiger partial charge in [0, 0.05) is 31.7 Å². The molecule has 1 aliphatic carbocycles. The van der Waals surface area contributed by atoms with Gasteiger partial charge >= 0.3 is 0 Å². The van der Waals surface area contributed by atoms with Gasteiger partial charge in [0.25, 0.3) is 5.91 Å². The summed E-state index contributed by atoms with van der Waals surface area (Å²) in [6.45, 7) is 0.868. The molecule has 0 atom stereocenters. The molecule has 7 heteroatoms. The number of hydrogen-bond acceptors (Lipinski definition) is 3. The number of halogens is 1. The van der Waals surface area contributed by atoms with Crippen LogP contribution in [0.2, 0.25) is 0 Å². The Morgan fingerprint density at radius 3 is 2.68 bits per heavy atom. The van der Waals surface area contributed by atoms with E-state index in [0.717, 1.165) is 18.4 Å². The Morgan fingerprint density at radius 1 is 1.14 bits per heavy atom. The predicted octanol–water partition coefficient (Wildman–Crippen LogP) is 2.35. The Kier molecular flexibility index (Phi) is 6.84. The van der Waals surface area contributed by atoms with Gasteiger partial charge in [-0.25, -0.2) is 4.39 Å². The van der Waals surface area contributed by atoms with Crippen LogP contribution in [0.1, 0.15) is 24.0 Å². The van der Waals surface area contributed by atoms with Crippen molar-refractivity contribution in [1.82, 2.24) is 16.0 Å². The molecule has 1 fully saturated rings. The maximum atomic E-state index is 13.7. The fraction of sp³-hybridized carbons (Fsp3) is 0.333. The van der Waals surface area contributed by atoms with Crippen LogP contribution in [0.3, 0.4) is 0 Å². The van der Waals surface area contributed by atoms with Crippen LogP contribution in [0.25, 0.3) is 0 Å². The minimum atomic E-state index is -0.249. The molecule has 3 rings (SSSR count). The summed E-state index contributed by atoms with van der Waals surface area (Å²) < 4.78 is 19.3. The predicted molar refractivity (Wildman–Crippen MR) is 107 cm³/mol. The van der Waals surface area contributed by atoms with Crippen molar-refractivity contribution in [2.24, 2.45) is 4.99 Å². The molecular formula is C21H25FN4O2. The molecule has 148 valence electrons. The zero-order valence-corrected chi connectivity index (χ0v) is 15.9. The van der Waals surface area contributed by atoms with Crippen molar-refractivity contribution in [2.45, 2.75) is 32.0 Å². The molecule has 0 aromatic heterocycles. The number of nitrogens with one attached hydrogen (secondary N) is 3. The van der Waals surface area contributed by atoms with Crippen LogP contribution in [0.4, 0.5) is 4.39 Å². The summed E-state index contributed by atoms with van der Waals surface area (Å²) in [5.41, 5.74) is 1.55. The van der Waals surface area contributed by atoms with Gasteiger partial charge in [0.1, 0.15) is 11.6 Å². The van der Waals surface area contributed by atoms with E-state index in [4.69, 9.17) is 4.74 Å². The highest BCUT2D eigenvalue weighted by Crippen LogP contribution is 2.18. The number of aliphatic imine (C=N–C) groups is 1. The number of amides is 1. The van der Waals surface area contributed by atoms with E-state index in [1.165, 1.54) is 6.07 Å². The summed E-state index contributed by atoms with van der Waals surface area (Å²) in [5, 5.41) is 9.16. The summed E-state index contributed by atoms with van der Waals surface area (Å²) in [6.07, 6.45) is 2.11. The van der Waals surface area contributed by atoms with Gasteiger partial charge in [-0.15, -0.1) is 0 Å². The maximum Gasteiger partial charge on any atom is 0.258 e. The molecule has 0 saturated heterocycles. The summed E-state index contributed by atoms with van der Waals surface area (Å²) in [5.74, 6) is 0.864. The lowest BCUT2D eigenvalue weighted by atomic mass is 10.2. The second kappa shape index (κ2) is 9.73. The quantitative estimate of drug-likeness (QED) is 0.482. The molecule has 0 unspecified atom stereocenters. The smallest absolute Gasteiger partial charge is 0.258 e. The average molecular weight is 384 g/mol. The zero-order chi connectivity index (χ0) is 19.8. The van der Waals surface area contributed by atoms with Crippen LogP contribution in [0.15, 0.2) is 53.5 Å². The lowest BCUT2D eigenvalue weighted by Crippen LogP contribution is -2.36. The number of nitrogens with zero attached hydrogens (tertiary/aromatic N) is 1. The highest BCUT2D eigenvalue weighted by atomic mass is 19.1. The molecule has 3 N–H and O–H groups in total. The molecule has 0 heterocycles. The fourth-order valence-electron chi connectivity index (χ4n) is 2.62. The first kappa shape index (κ1) is 19.7. The topological polar surface area (TPSA) is 74.8 Å².